The van der Waals surface area contributed by atoms with Crippen molar-refractivity contribution in [3.63, 3.8) is 0 Å². The van der Waals surface area contributed by atoms with E-state index in [1.54, 1.807) is 0 Å². The molecule has 0 radical (unpaired) electrons. The summed E-state index contributed by atoms with van der Waals surface area (Å²) in [6.07, 6.45) is 10.8. The Morgan fingerprint density at radius 2 is 1.48 bits per heavy atom. The third kappa shape index (κ3) is 3.38. The fourth-order valence-corrected chi connectivity index (χ4v) is 8.71. The minimum Gasteiger partial charge on any atom is -0.122 e. The second kappa shape index (κ2) is 7.62. The summed E-state index contributed by atoms with van der Waals surface area (Å²) in [6.45, 7) is 0. The van der Waals surface area contributed by atoms with Crippen molar-refractivity contribution in [3.05, 3.63) is 96.6 Å². The minimum absolute atomic E-state index is 0.288. The molecule has 1 aliphatic carbocycles. The largest absolute Gasteiger partial charge is 0.160 e. The molecular weight excluding hydrogens is 387 g/mol. The van der Waals surface area contributed by atoms with Gasteiger partial charge in [0.15, 0.2) is 21.5 Å². The smallest absolute Gasteiger partial charge is 0.122 e. The molecule has 0 bridgehead atoms. The molecule has 1 aliphatic rings. The number of hydrogen-bond donors (Lipinski definition) is 0. The Kier molecular flexibility index (Phi) is 5.54. The molecule has 0 fully saturated rings. The van der Waals surface area contributed by atoms with E-state index in [0.29, 0.717) is 5.88 Å². The summed E-state index contributed by atoms with van der Waals surface area (Å²) in [5, 5.41) is 2.69. The molecule has 23 heavy (non-hydrogen) atoms. The maximum atomic E-state index is 6.00. The molecule has 1 atom stereocenters. The van der Waals surface area contributed by atoms with Crippen LogP contribution in [0.3, 0.4) is 0 Å². The van der Waals surface area contributed by atoms with Gasteiger partial charge in [0.2, 0.25) is 0 Å². The first-order valence-corrected chi connectivity index (χ1v) is 12.0. The summed E-state index contributed by atoms with van der Waals surface area (Å²) in [4.78, 5) is 0. The van der Waals surface area contributed by atoms with E-state index in [1.165, 1.54) is 16.2 Å². The lowest BCUT2D eigenvalue weighted by molar-refractivity contribution is 1.25. The Morgan fingerprint density at radius 3 is 2.00 bits per heavy atom. The van der Waals surface area contributed by atoms with E-state index in [4.69, 9.17) is 11.6 Å². The van der Waals surface area contributed by atoms with Crippen molar-refractivity contribution in [3.8, 4) is 0 Å². The zero-order chi connectivity index (χ0) is 16.1. The molecule has 0 saturated carbocycles. The summed E-state index contributed by atoms with van der Waals surface area (Å²) in [5.41, 5.74) is 1.57. The maximum absolute atomic E-state index is 6.00. The number of hydrogen-bond acceptors (Lipinski definition) is 0. The third-order valence-corrected chi connectivity index (χ3v) is 11.3. The molecular formula is C20H18BrClP+. The first-order valence-electron chi connectivity index (χ1n) is 7.57. The number of allylic oxidation sites excluding steroid dienone is 6. The Labute approximate surface area is 151 Å². The molecule has 3 rings (SSSR count). The van der Waals surface area contributed by atoms with Gasteiger partial charge in [-0.2, -0.15) is 0 Å². The topological polar surface area (TPSA) is 0 Å². The second-order valence-electron chi connectivity index (χ2n) is 5.36. The van der Waals surface area contributed by atoms with Crippen LogP contribution < -0.4 is 10.6 Å². The van der Waals surface area contributed by atoms with Crippen LogP contribution in [0, 0.1) is 0 Å². The number of benzene rings is 2. The van der Waals surface area contributed by atoms with Crippen molar-refractivity contribution in [2.75, 3.05) is 5.88 Å². The first kappa shape index (κ1) is 16.7. The SMILES string of the molecule is ClCC=C1C=CC=CC1[P+](Br)(c1ccccc1)c1ccccc1. The van der Waals surface area contributed by atoms with Crippen molar-refractivity contribution >= 4 is 43.7 Å². The van der Waals surface area contributed by atoms with Crippen LogP contribution in [-0.4, -0.2) is 11.5 Å². The van der Waals surface area contributed by atoms with E-state index in [0.717, 1.165) is 0 Å². The average molecular weight is 405 g/mol. The molecule has 0 N–H and O–H groups in total. The van der Waals surface area contributed by atoms with Crippen molar-refractivity contribution < 1.29 is 0 Å². The highest BCUT2D eigenvalue weighted by Gasteiger charge is 2.49. The van der Waals surface area contributed by atoms with Crippen LogP contribution in [0.15, 0.2) is 96.6 Å². The summed E-state index contributed by atoms with van der Waals surface area (Å²) in [6, 6.07) is 21.5. The first-order chi connectivity index (χ1) is 11.3. The summed E-state index contributed by atoms with van der Waals surface area (Å²) >= 11 is 10.2. The molecule has 116 valence electrons. The highest BCUT2D eigenvalue weighted by Crippen LogP contribution is 2.70. The molecule has 2 aromatic rings. The molecule has 0 heterocycles. The predicted octanol–water partition coefficient (Wildman–Crippen LogP) is 5.62. The van der Waals surface area contributed by atoms with Crippen molar-refractivity contribution in [1.82, 2.24) is 0 Å². The molecule has 0 aliphatic heterocycles. The lowest BCUT2D eigenvalue weighted by atomic mass is 10.1. The quantitative estimate of drug-likeness (QED) is 0.458. The van der Waals surface area contributed by atoms with E-state index in [-0.39, 0.29) is 5.66 Å². The van der Waals surface area contributed by atoms with Gasteiger partial charge in [0.25, 0.3) is 0 Å². The summed E-state index contributed by atoms with van der Waals surface area (Å²) in [5.74, 6) is -1.26. The van der Waals surface area contributed by atoms with Gasteiger partial charge in [-0.15, -0.1) is 11.6 Å². The third-order valence-electron chi connectivity index (χ3n) is 3.99. The van der Waals surface area contributed by atoms with Gasteiger partial charge in [0, 0.05) is 5.88 Å². The van der Waals surface area contributed by atoms with E-state index in [2.05, 4.69) is 107 Å². The van der Waals surface area contributed by atoms with Gasteiger partial charge in [0.05, 0.1) is 0 Å². The molecule has 3 heteroatoms. The van der Waals surface area contributed by atoms with E-state index < -0.39 is 5.96 Å². The van der Waals surface area contributed by atoms with E-state index in [1.807, 2.05) is 0 Å². The number of alkyl halides is 1. The molecule has 0 aromatic heterocycles. The number of rotatable bonds is 4. The van der Waals surface area contributed by atoms with Crippen LogP contribution in [0.25, 0.3) is 0 Å². The van der Waals surface area contributed by atoms with Gasteiger partial charge in [0.1, 0.15) is 16.3 Å². The summed E-state index contributed by atoms with van der Waals surface area (Å²) in [7, 11) is 0. The minimum atomic E-state index is -1.79. The molecule has 0 saturated heterocycles. The number of halogens is 2. The fraction of sp³-hybridized carbons (Fsp3) is 0.100. The van der Waals surface area contributed by atoms with Crippen LogP contribution in [0.5, 0.6) is 0 Å². The Bertz CT molecular complexity index is 695. The highest BCUT2D eigenvalue weighted by atomic mass is 79.9. The molecule has 0 nitrogen and oxygen atoms in total. The van der Waals surface area contributed by atoms with E-state index >= 15 is 0 Å². The predicted molar refractivity (Wildman–Crippen MR) is 109 cm³/mol. The van der Waals surface area contributed by atoms with Crippen LogP contribution >= 0.6 is 33.1 Å². The lowest BCUT2D eigenvalue weighted by Gasteiger charge is -2.29. The zero-order valence-corrected chi connectivity index (χ0v) is 15.9. The van der Waals surface area contributed by atoms with Crippen molar-refractivity contribution in [2.24, 2.45) is 0 Å². The standard InChI is InChI=1S/C20H18BrClP/c21-23(18-10-3-1-4-11-18,19-12-5-2-6-13-19)20-14-8-7-9-17(20)15-16-22/h1-15,20H,16H2/q+1. The van der Waals surface area contributed by atoms with Gasteiger partial charge in [-0.3, -0.25) is 0 Å². The normalized spacial score (nSPS) is 19.2. The van der Waals surface area contributed by atoms with Crippen LogP contribution in [0.4, 0.5) is 0 Å². The Morgan fingerprint density at radius 1 is 0.913 bits per heavy atom. The molecule has 0 amide bonds. The van der Waals surface area contributed by atoms with Gasteiger partial charge >= 0.3 is 0 Å². The maximum Gasteiger partial charge on any atom is 0.160 e. The van der Waals surface area contributed by atoms with E-state index in [9.17, 15) is 0 Å². The van der Waals surface area contributed by atoms with Gasteiger partial charge in [-0.25, -0.2) is 0 Å². The summed E-state index contributed by atoms with van der Waals surface area (Å²) < 4.78 is 0. The zero-order valence-electron chi connectivity index (χ0n) is 12.6. The van der Waals surface area contributed by atoms with Crippen LogP contribution in [0.1, 0.15) is 0 Å². The molecule has 1 unspecified atom stereocenters. The van der Waals surface area contributed by atoms with Crippen LogP contribution in [0.2, 0.25) is 0 Å². The van der Waals surface area contributed by atoms with Crippen LogP contribution in [-0.2, 0) is 0 Å². The molecule has 2 aromatic carbocycles. The molecule has 0 spiro atoms. The Balaban J connectivity index is 2.19. The monoisotopic (exact) mass is 403 g/mol. The van der Waals surface area contributed by atoms with Crippen molar-refractivity contribution in [2.45, 2.75) is 5.66 Å². The van der Waals surface area contributed by atoms with Gasteiger partial charge in [-0.05, 0) is 35.9 Å². The van der Waals surface area contributed by atoms with Gasteiger partial charge < -0.3 is 0 Å². The average Bonchev–Trinajstić information content (AvgIpc) is 2.63. The second-order valence-corrected chi connectivity index (χ2v) is 11.9. The fourth-order valence-electron chi connectivity index (χ4n) is 2.91. The Hall–Kier alpha value is -1.14. The van der Waals surface area contributed by atoms with Gasteiger partial charge in [-0.1, -0.05) is 60.7 Å². The lowest BCUT2D eigenvalue weighted by Crippen LogP contribution is -2.28. The highest BCUT2D eigenvalue weighted by molar-refractivity contribution is 9.44. The van der Waals surface area contributed by atoms with Crippen molar-refractivity contribution in [1.29, 1.82) is 0 Å².